The van der Waals surface area contributed by atoms with E-state index in [1.54, 1.807) is 16.2 Å². The van der Waals surface area contributed by atoms with Gasteiger partial charge in [0, 0.05) is 26.2 Å². The Kier molecular flexibility index (Phi) is 6.17. The second-order valence-corrected chi connectivity index (χ2v) is 11.4. The van der Waals surface area contributed by atoms with Crippen LogP contribution < -0.4 is 0 Å². The van der Waals surface area contributed by atoms with Crippen molar-refractivity contribution in [3.63, 3.8) is 0 Å². The van der Waals surface area contributed by atoms with Crippen molar-refractivity contribution in [2.75, 3.05) is 39.3 Å². The Morgan fingerprint density at radius 2 is 1.85 bits per heavy atom. The van der Waals surface area contributed by atoms with E-state index in [1.807, 2.05) is 18.2 Å². The van der Waals surface area contributed by atoms with Gasteiger partial charge in [0.2, 0.25) is 15.9 Å². The highest BCUT2D eigenvalue weighted by Gasteiger charge is 2.34. The largest absolute Gasteiger partial charge is 0.339 e. The molecule has 5 rings (SSSR count). The Hall–Kier alpha value is -2.40. The third-order valence-electron chi connectivity index (χ3n) is 6.32. The van der Waals surface area contributed by atoms with Gasteiger partial charge >= 0.3 is 0 Å². The van der Waals surface area contributed by atoms with Gasteiger partial charge in [0.15, 0.2) is 0 Å². The molecule has 2 fully saturated rings. The molecule has 33 heavy (non-hydrogen) atoms. The van der Waals surface area contributed by atoms with Crippen LogP contribution in [0.3, 0.4) is 0 Å². The fourth-order valence-corrected chi connectivity index (χ4v) is 7.15. The standard InChI is InChI=1S/C23H25FN4O3S2/c24-17-5-3-6-18(15-17)33(30,31)28-13-11-26(12-14-28)22(29)16-27-10-4-8-20(27)23-25-19-7-1-2-9-21(19)32-23/h1-3,5-7,9,15,20H,4,8,10-14,16H2. The van der Waals surface area contributed by atoms with Crippen LogP contribution >= 0.6 is 11.3 Å². The van der Waals surface area contributed by atoms with Crippen molar-refractivity contribution in [1.82, 2.24) is 19.1 Å². The molecule has 1 amide bonds. The van der Waals surface area contributed by atoms with Gasteiger partial charge < -0.3 is 4.90 Å². The molecule has 2 aromatic carbocycles. The Labute approximate surface area is 196 Å². The number of para-hydroxylation sites is 1. The molecular weight excluding hydrogens is 463 g/mol. The molecule has 2 aliphatic heterocycles. The van der Waals surface area contributed by atoms with Crippen molar-refractivity contribution < 1.29 is 17.6 Å². The average Bonchev–Trinajstić information content (AvgIpc) is 3.45. The highest BCUT2D eigenvalue weighted by Crippen LogP contribution is 2.36. The van der Waals surface area contributed by atoms with Crippen LogP contribution in [0.25, 0.3) is 10.2 Å². The zero-order chi connectivity index (χ0) is 23.0. The van der Waals surface area contributed by atoms with Crippen LogP contribution in [-0.2, 0) is 14.8 Å². The minimum Gasteiger partial charge on any atom is -0.339 e. The van der Waals surface area contributed by atoms with Crippen LogP contribution in [0.5, 0.6) is 0 Å². The van der Waals surface area contributed by atoms with E-state index in [0.29, 0.717) is 19.6 Å². The molecule has 3 aromatic rings. The van der Waals surface area contributed by atoms with E-state index in [9.17, 15) is 17.6 Å². The molecule has 2 aliphatic rings. The van der Waals surface area contributed by atoms with Gasteiger partial charge in [-0.05, 0) is 49.7 Å². The lowest BCUT2D eigenvalue weighted by atomic mass is 10.2. The van der Waals surface area contributed by atoms with E-state index in [0.717, 1.165) is 40.7 Å². The predicted molar refractivity (Wildman–Crippen MR) is 125 cm³/mol. The number of nitrogens with zero attached hydrogens (tertiary/aromatic N) is 4. The lowest BCUT2D eigenvalue weighted by Gasteiger charge is -2.35. The van der Waals surface area contributed by atoms with Crippen LogP contribution in [0, 0.1) is 5.82 Å². The molecule has 0 N–H and O–H groups in total. The molecular formula is C23H25FN4O3S2. The first-order valence-corrected chi connectivity index (χ1v) is 13.3. The van der Waals surface area contributed by atoms with E-state index in [2.05, 4.69) is 11.0 Å². The van der Waals surface area contributed by atoms with E-state index in [4.69, 9.17) is 4.98 Å². The van der Waals surface area contributed by atoms with Crippen molar-refractivity contribution in [3.8, 4) is 0 Å². The summed E-state index contributed by atoms with van der Waals surface area (Å²) < 4.78 is 41.6. The molecule has 7 nitrogen and oxygen atoms in total. The second kappa shape index (κ2) is 9.09. The van der Waals surface area contributed by atoms with Gasteiger partial charge in [0.25, 0.3) is 0 Å². The zero-order valence-electron chi connectivity index (χ0n) is 18.1. The van der Waals surface area contributed by atoms with Gasteiger partial charge in [-0.2, -0.15) is 4.31 Å². The Balaban J connectivity index is 1.21. The maximum Gasteiger partial charge on any atom is 0.243 e. The number of amides is 1. The Morgan fingerprint density at radius 1 is 1.06 bits per heavy atom. The first kappa shape index (κ1) is 22.4. The molecule has 1 atom stereocenters. The quantitative estimate of drug-likeness (QED) is 0.552. The van der Waals surface area contributed by atoms with Crippen molar-refractivity contribution in [1.29, 1.82) is 0 Å². The monoisotopic (exact) mass is 488 g/mol. The first-order chi connectivity index (χ1) is 15.9. The van der Waals surface area contributed by atoms with Gasteiger partial charge in [0.05, 0.1) is 27.7 Å². The van der Waals surface area contributed by atoms with Crippen molar-refractivity contribution >= 4 is 37.5 Å². The molecule has 174 valence electrons. The molecule has 1 aromatic heterocycles. The van der Waals surface area contributed by atoms with Crippen LogP contribution in [0.1, 0.15) is 23.9 Å². The molecule has 0 radical (unpaired) electrons. The van der Waals surface area contributed by atoms with E-state index in [1.165, 1.54) is 22.5 Å². The number of carbonyl (C=O) groups excluding carboxylic acids is 1. The van der Waals surface area contributed by atoms with E-state index < -0.39 is 15.8 Å². The molecule has 2 saturated heterocycles. The molecule has 0 saturated carbocycles. The average molecular weight is 489 g/mol. The number of thiazole rings is 1. The van der Waals surface area contributed by atoms with Crippen LogP contribution in [-0.4, -0.2) is 72.7 Å². The normalized spacial score (nSPS) is 20.5. The number of hydrogen-bond acceptors (Lipinski definition) is 6. The highest BCUT2D eigenvalue weighted by molar-refractivity contribution is 7.89. The van der Waals surface area contributed by atoms with Crippen molar-refractivity contribution in [2.24, 2.45) is 0 Å². The zero-order valence-corrected chi connectivity index (χ0v) is 19.7. The van der Waals surface area contributed by atoms with Crippen LogP contribution in [0.2, 0.25) is 0 Å². The summed E-state index contributed by atoms with van der Waals surface area (Å²) in [6.45, 7) is 2.20. The number of halogens is 1. The van der Waals surface area contributed by atoms with Gasteiger partial charge in [-0.15, -0.1) is 11.3 Å². The molecule has 1 unspecified atom stereocenters. The number of benzene rings is 2. The number of likely N-dealkylation sites (tertiary alicyclic amines) is 1. The number of sulfonamides is 1. The molecule has 0 spiro atoms. The summed E-state index contributed by atoms with van der Waals surface area (Å²) >= 11 is 1.69. The van der Waals surface area contributed by atoms with Crippen molar-refractivity contribution in [2.45, 2.75) is 23.8 Å². The van der Waals surface area contributed by atoms with Crippen molar-refractivity contribution in [3.05, 3.63) is 59.4 Å². The number of hydrogen-bond donors (Lipinski definition) is 0. The fourth-order valence-electron chi connectivity index (χ4n) is 4.56. The predicted octanol–water partition coefficient (Wildman–Crippen LogP) is 3.11. The number of fused-ring (bicyclic) bond motifs is 1. The second-order valence-electron chi connectivity index (χ2n) is 8.39. The first-order valence-electron chi connectivity index (χ1n) is 11.0. The molecule has 10 heteroatoms. The van der Waals surface area contributed by atoms with Gasteiger partial charge in [-0.1, -0.05) is 18.2 Å². The van der Waals surface area contributed by atoms with Gasteiger partial charge in [-0.3, -0.25) is 9.69 Å². The minimum absolute atomic E-state index is 0.00538. The Morgan fingerprint density at radius 3 is 2.61 bits per heavy atom. The molecule has 3 heterocycles. The van der Waals surface area contributed by atoms with Crippen LogP contribution in [0.15, 0.2) is 53.4 Å². The maximum atomic E-state index is 13.5. The summed E-state index contributed by atoms with van der Waals surface area (Å²) in [5, 5.41) is 1.05. The molecule has 0 bridgehead atoms. The SMILES string of the molecule is O=C(CN1CCCC1c1nc2ccccc2s1)N1CCN(S(=O)(=O)c2cccc(F)c2)CC1. The van der Waals surface area contributed by atoms with Gasteiger partial charge in [-0.25, -0.2) is 17.8 Å². The van der Waals surface area contributed by atoms with Gasteiger partial charge in [0.1, 0.15) is 10.8 Å². The maximum absolute atomic E-state index is 13.5. The summed E-state index contributed by atoms with van der Waals surface area (Å²) in [4.78, 5) is 21.7. The molecule has 0 aliphatic carbocycles. The number of rotatable bonds is 5. The summed E-state index contributed by atoms with van der Waals surface area (Å²) in [6, 6.07) is 13.2. The number of piperazine rings is 1. The fraction of sp³-hybridized carbons (Fsp3) is 0.391. The summed E-state index contributed by atoms with van der Waals surface area (Å²) in [6.07, 6.45) is 2.00. The third-order valence-corrected chi connectivity index (χ3v) is 9.35. The van der Waals surface area contributed by atoms with E-state index >= 15 is 0 Å². The summed E-state index contributed by atoms with van der Waals surface area (Å²) in [7, 11) is -3.78. The van der Waals surface area contributed by atoms with E-state index in [-0.39, 0.29) is 29.9 Å². The number of carbonyl (C=O) groups is 1. The summed E-state index contributed by atoms with van der Waals surface area (Å²) in [5.41, 5.74) is 0.992. The highest BCUT2D eigenvalue weighted by atomic mass is 32.2. The number of aromatic nitrogens is 1. The topological polar surface area (TPSA) is 73.8 Å². The Bertz CT molecular complexity index is 1240. The lowest BCUT2D eigenvalue weighted by molar-refractivity contribution is -0.133. The lowest BCUT2D eigenvalue weighted by Crippen LogP contribution is -2.52. The summed E-state index contributed by atoms with van der Waals surface area (Å²) in [5.74, 6) is -0.580. The third kappa shape index (κ3) is 4.52. The minimum atomic E-state index is -3.78. The smallest absolute Gasteiger partial charge is 0.243 e. The van der Waals surface area contributed by atoms with Crippen LogP contribution in [0.4, 0.5) is 4.39 Å².